The first-order valence-corrected chi connectivity index (χ1v) is 7.83. The van der Waals surface area contributed by atoms with Crippen LogP contribution in [0.1, 0.15) is 21.6 Å². The van der Waals surface area contributed by atoms with Gasteiger partial charge in [-0.1, -0.05) is 6.07 Å². The fourth-order valence-corrected chi connectivity index (χ4v) is 2.22. The molecule has 3 aromatic rings. The molecule has 128 valence electrons. The average molecular weight is 347 g/mol. The number of ether oxygens (including phenoxy) is 1. The van der Waals surface area contributed by atoms with E-state index in [0.717, 1.165) is 0 Å². The Hall–Kier alpha value is -3.60. The third-order valence-electron chi connectivity index (χ3n) is 3.52. The molecular weight excluding hydrogens is 333 g/mol. The molecule has 1 heterocycles. The molecule has 4 nitrogen and oxygen atoms in total. The molecule has 0 aliphatic heterocycles. The van der Waals surface area contributed by atoms with Gasteiger partial charge >= 0.3 is 5.97 Å². The average Bonchev–Trinajstić information content (AvgIpc) is 2.68. The van der Waals surface area contributed by atoms with Gasteiger partial charge in [-0.2, -0.15) is 0 Å². The zero-order valence-corrected chi connectivity index (χ0v) is 13.6. The maximum Gasteiger partial charge on any atom is 0.336 e. The van der Waals surface area contributed by atoms with E-state index in [-0.39, 0.29) is 5.78 Å². The van der Waals surface area contributed by atoms with Crippen molar-refractivity contribution in [1.82, 2.24) is 4.98 Å². The lowest BCUT2D eigenvalue weighted by atomic mass is 10.0. The van der Waals surface area contributed by atoms with E-state index in [4.69, 9.17) is 4.74 Å². The molecule has 0 radical (unpaired) electrons. The van der Waals surface area contributed by atoms with Crippen molar-refractivity contribution in [2.24, 2.45) is 0 Å². The lowest BCUT2D eigenvalue weighted by Gasteiger charge is -2.04. The molecule has 0 amide bonds. The maximum absolute atomic E-state index is 12.9. The summed E-state index contributed by atoms with van der Waals surface area (Å²) in [6, 6.07) is 16.8. The van der Waals surface area contributed by atoms with E-state index < -0.39 is 11.8 Å². The van der Waals surface area contributed by atoms with E-state index >= 15 is 0 Å². The number of aromatic nitrogens is 1. The smallest absolute Gasteiger partial charge is 0.336 e. The molecule has 26 heavy (non-hydrogen) atoms. The predicted molar refractivity (Wildman–Crippen MR) is 95.2 cm³/mol. The van der Waals surface area contributed by atoms with Gasteiger partial charge in [0.1, 0.15) is 11.6 Å². The Labute approximate surface area is 149 Å². The van der Waals surface area contributed by atoms with Crippen molar-refractivity contribution in [2.45, 2.75) is 0 Å². The Morgan fingerprint density at radius 3 is 2.15 bits per heavy atom. The van der Waals surface area contributed by atoms with Crippen LogP contribution in [-0.2, 0) is 4.79 Å². The highest BCUT2D eigenvalue weighted by Crippen LogP contribution is 2.16. The Morgan fingerprint density at radius 1 is 0.885 bits per heavy atom. The van der Waals surface area contributed by atoms with Crippen molar-refractivity contribution in [3.63, 3.8) is 0 Å². The van der Waals surface area contributed by atoms with E-state index in [1.165, 1.54) is 42.5 Å². The van der Waals surface area contributed by atoms with Crippen molar-refractivity contribution in [3.05, 3.63) is 102 Å². The SMILES string of the molecule is O=C(/C=C\c1ccccn1)Oc1ccc(C(=O)c2ccc(F)cc2)cc1. The van der Waals surface area contributed by atoms with Gasteiger partial charge in [0.05, 0.1) is 5.69 Å². The number of carbonyl (C=O) groups is 2. The summed E-state index contributed by atoms with van der Waals surface area (Å²) >= 11 is 0. The van der Waals surface area contributed by atoms with Crippen LogP contribution in [0, 0.1) is 5.82 Å². The molecule has 0 spiro atoms. The van der Waals surface area contributed by atoms with E-state index in [0.29, 0.717) is 22.6 Å². The van der Waals surface area contributed by atoms with Gasteiger partial charge in [-0.3, -0.25) is 9.78 Å². The second-order valence-electron chi connectivity index (χ2n) is 5.37. The van der Waals surface area contributed by atoms with Gasteiger partial charge in [0, 0.05) is 23.4 Å². The molecule has 0 unspecified atom stereocenters. The molecule has 0 fully saturated rings. The Bertz CT molecular complexity index is 933. The van der Waals surface area contributed by atoms with Gasteiger partial charge in [0.2, 0.25) is 0 Å². The molecule has 0 aliphatic rings. The Balaban J connectivity index is 1.64. The minimum Gasteiger partial charge on any atom is -0.423 e. The van der Waals surface area contributed by atoms with E-state index in [1.54, 1.807) is 36.5 Å². The standard InChI is InChI=1S/C21H14FNO3/c22-17-8-4-15(5-9-17)21(25)16-6-11-19(12-7-16)26-20(24)13-10-18-3-1-2-14-23-18/h1-14H/b13-10-. The highest BCUT2D eigenvalue weighted by Gasteiger charge is 2.10. The summed E-state index contributed by atoms with van der Waals surface area (Å²) < 4.78 is 18.1. The summed E-state index contributed by atoms with van der Waals surface area (Å²) in [6.45, 7) is 0. The lowest BCUT2D eigenvalue weighted by molar-refractivity contribution is -0.128. The predicted octanol–water partition coefficient (Wildman–Crippen LogP) is 4.07. The molecule has 2 aromatic carbocycles. The minimum atomic E-state index is -0.548. The maximum atomic E-state index is 12.9. The van der Waals surface area contributed by atoms with Crippen LogP contribution >= 0.6 is 0 Å². The van der Waals surface area contributed by atoms with Gasteiger partial charge in [-0.15, -0.1) is 0 Å². The van der Waals surface area contributed by atoms with E-state index in [9.17, 15) is 14.0 Å². The minimum absolute atomic E-state index is 0.238. The van der Waals surface area contributed by atoms with Gasteiger partial charge < -0.3 is 4.74 Å². The van der Waals surface area contributed by atoms with Crippen molar-refractivity contribution in [3.8, 4) is 5.75 Å². The number of ketones is 1. The summed E-state index contributed by atoms with van der Waals surface area (Å²) in [5, 5.41) is 0. The summed E-state index contributed by atoms with van der Waals surface area (Å²) in [5.41, 5.74) is 1.44. The number of nitrogens with zero attached hydrogens (tertiary/aromatic N) is 1. The molecule has 0 saturated heterocycles. The van der Waals surface area contributed by atoms with Crippen LogP contribution < -0.4 is 4.74 Å². The first-order chi connectivity index (χ1) is 12.6. The molecule has 1 aromatic heterocycles. The number of pyridine rings is 1. The number of hydrogen-bond acceptors (Lipinski definition) is 4. The number of carbonyl (C=O) groups excluding carboxylic acids is 2. The highest BCUT2D eigenvalue weighted by atomic mass is 19.1. The fourth-order valence-electron chi connectivity index (χ4n) is 2.22. The number of esters is 1. The van der Waals surface area contributed by atoms with Gasteiger partial charge in [-0.25, -0.2) is 9.18 Å². The quantitative estimate of drug-likeness (QED) is 0.302. The van der Waals surface area contributed by atoms with Gasteiger partial charge in [0.25, 0.3) is 0 Å². The zero-order valence-electron chi connectivity index (χ0n) is 13.6. The first-order valence-electron chi connectivity index (χ1n) is 7.83. The Morgan fingerprint density at radius 2 is 1.54 bits per heavy atom. The summed E-state index contributed by atoms with van der Waals surface area (Å²) in [4.78, 5) is 28.2. The van der Waals surface area contributed by atoms with Crippen LogP contribution in [0.4, 0.5) is 4.39 Å². The number of hydrogen-bond donors (Lipinski definition) is 0. The molecule has 3 rings (SSSR count). The molecule has 0 N–H and O–H groups in total. The van der Waals surface area contributed by atoms with Crippen LogP contribution in [0.5, 0.6) is 5.75 Å². The van der Waals surface area contributed by atoms with Crippen molar-refractivity contribution >= 4 is 17.8 Å². The van der Waals surface area contributed by atoms with Crippen LogP contribution in [0.2, 0.25) is 0 Å². The number of benzene rings is 2. The largest absolute Gasteiger partial charge is 0.423 e. The summed E-state index contributed by atoms with van der Waals surface area (Å²) in [5.74, 6) is -0.870. The highest BCUT2D eigenvalue weighted by molar-refractivity contribution is 6.09. The molecule has 0 aliphatic carbocycles. The molecule has 0 saturated carbocycles. The molecular formula is C21H14FNO3. The number of halogens is 1. The van der Waals surface area contributed by atoms with Crippen LogP contribution in [0.25, 0.3) is 6.08 Å². The third kappa shape index (κ3) is 4.48. The van der Waals surface area contributed by atoms with E-state index in [1.807, 2.05) is 6.07 Å². The second-order valence-corrected chi connectivity index (χ2v) is 5.37. The second kappa shape index (κ2) is 7.98. The van der Waals surface area contributed by atoms with Crippen molar-refractivity contribution in [1.29, 1.82) is 0 Å². The third-order valence-corrected chi connectivity index (χ3v) is 3.52. The van der Waals surface area contributed by atoms with Gasteiger partial charge in [0.15, 0.2) is 5.78 Å². The van der Waals surface area contributed by atoms with Crippen molar-refractivity contribution in [2.75, 3.05) is 0 Å². The topological polar surface area (TPSA) is 56.3 Å². The van der Waals surface area contributed by atoms with Crippen LogP contribution in [0.15, 0.2) is 79.0 Å². The van der Waals surface area contributed by atoms with Gasteiger partial charge in [-0.05, 0) is 66.7 Å². The summed E-state index contributed by atoms with van der Waals surface area (Å²) in [6.07, 6.45) is 4.45. The monoisotopic (exact) mass is 347 g/mol. The lowest BCUT2D eigenvalue weighted by Crippen LogP contribution is -2.05. The normalized spacial score (nSPS) is 10.7. The fraction of sp³-hybridized carbons (Fsp3) is 0. The molecule has 5 heteroatoms. The Kier molecular flexibility index (Phi) is 5.29. The number of rotatable bonds is 5. The van der Waals surface area contributed by atoms with E-state index in [2.05, 4.69) is 4.98 Å². The zero-order chi connectivity index (χ0) is 18.4. The van der Waals surface area contributed by atoms with Crippen LogP contribution in [-0.4, -0.2) is 16.7 Å². The summed E-state index contributed by atoms with van der Waals surface area (Å²) in [7, 11) is 0. The van der Waals surface area contributed by atoms with Crippen LogP contribution in [0.3, 0.4) is 0 Å². The first kappa shape index (κ1) is 17.2. The molecule has 0 atom stereocenters. The molecule has 0 bridgehead atoms. The van der Waals surface area contributed by atoms with Crippen molar-refractivity contribution < 1.29 is 18.7 Å².